The highest BCUT2D eigenvalue weighted by molar-refractivity contribution is 7.09. The number of urea groups is 1. The van der Waals surface area contributed by atoms with Crippen LogP contribution in [0, 0.1) is 0 Å². The average molecular weight is 447 g/mol. The van der Waals surface area contributed by atoms with Gasteiger partial charge in [0.15, 0.2) is 0 Å². The predicted molar refractivity (Wildman–Crippen MR) is 125 cm³/mol. The highest BCUT2D eigenvalue weighted by Gasteiger charge is 2.39. The van der Waals surface area contributed by atoms with E-state index in [4.69, 9.17) is 4.98 Å². The molecule has 1 aromatic heterocycles. The second-order valence-electron chi connectivity index (χ2n) is 9.51. The molecule has 0 spiro atoms. The molecule has 1 aliphatic heterocycles. The van der Waals surface area contributed by atoms with Gasteiger partial charge in [-0.2, -0.15) is 0 Å². The lowest BCUT2D eigenvalue weighted by atomic mass is 9.94. The van der Waals surface area contributed by atoms with Gasteiger partial charge in [-0.1, -0.05) is 39.0 Å². The maximum absolute atomic E-state index is 13.3. The number of hydrogen-bond acceptors (Lipinski definition) is 4. The molecule has 4 rings (SSSR count). The quantitative estimate of drug-likeness (QED) is 0.561. The monoisotopic (exact) mass is 446 g/mol. The Morgan fingerprint density at radius 3 is 2.45 bits per heavy atom. The smallest absolute Gasteiger partial charge is 0.317 e. The van der Waals surface area contributed by atoms with E-state index in [1.54, 1.807) is 11.3 Å². The molecular formula is C24H38N4O2S. The van der Waals surface area contributed by atoms with E-state index in [0.29, 0.717) is 23.7 Å². The average Bonchev–Trinajstić information content (AvgIpc) is 3.51. The standard InChI is InChI=1S/C24H38N4O2S/c1-2-3-7-14-25-24(30)27-15-12-18(13-16-27)22-26-21(17-31-22)23(29)28(20-10-11-20)19-8-5-4-6-9-19/h17-20H,2-16H2,1H3,(H,25,30). The van der Waals surface area contributed by atoms with E-state index in [-0.39, 0.29) is 11.9 Å². The van der Waals surface area contributed by atoms with Crippen LogP contribution in [0.4, 0.5) is 4.79 Å². The summed E-state index contributed by atoms with van der Waals surface area (Å²) in [6, 6.07) is 0.926. The normalized spacial score (nSPS) is 20.6. The number of unbranched alkanes of at least 4 members (excludes halogenated alkanes) is 2. The number of thiazole rings is 1. The van der Waals surface area contributed by atoms with Gasteiger partial charge in [0.2, 0.25) is 0 Å². The molecular weight excluding hydrogens is 408 g/mol. The number of carbonyl (C=O) groups excluding carboxylic acids is 2. The summed E-state index contributed by atoms with van der Waals surface area (Å²) in [5.41, 5.74) is 0.647. The molecule has 2 saturated carbocycles. The molecule has 0 aromatic carbocycles. The third kappa shape index (κ3) is 5.79. The predicted octanol–water partition coefficient (Wildman–Crippen LogP) is 5.16. The van der Waals surface area contributed by atoms with E-state index in [1.165, 1.54) is 25.7 Å². The van der Waals surface area contributed by atoms with Gasteiger partial charge in [0.25, 0.3) is 5.91 Å². The Balaban J connectivity index is 1.30. The lowest BCUT2D eigenvalue weighted by molar-refractivity contribution is 0.0608. The van der Waals surface area contributed by atoms with Crippen molar-refractivity contribution in [3.05, 3.63) is 16.1 Å². The minimum absolute atomic E-state index is 0.0668. The van der Waals surface area contributed by atoms with Gasteiger partial charge >= 0.3 is 6.03 Å². The summed E-state index contributed by atoms with van der Waals surface area (Å²) >= 11 is 1.63. The fourth-order valence-corrected chi connectivity index (χ4v) is 6.02. The molecule has 7 heteroatoms. The number of amides is 3. The third-order valence-corrected chi connectivity index (χ3v) is 8.08. The Bertz CT molecular complexity index is 734. The topological polar surface area (TPSA) is 65.5 Å². The van der Waals surface area contributed by atoms with E-state index >= 15 is 0 Å². The second kappa shape index (κ2) is 10.8. The number of aromatic nitrogens is 1. The van der Waals surface area contributed by atoms with Crippen LogP contribution < -0.4 is 5.32 Å². The van der Waals surface area contributed by atoms with Gasteiger partial charge < -0.3 is 15.1 Å². The fraction of sp³-hybridized carbons (Fsp3) is 0.792. The molecule has 2 heterocycles. The number of hydrogen-bond donors (Lipinski definition) is 1. The summed E-state index contributed by atoms with van der Waals surface area (Å²) in [6.45, 7) is 4.47. The lowest BCUT2D eigenvalue weighted by Crippen LogP contribution is -2.44. The molecule has 3 aliphatic rings. The van der Waals surface area contributed by atoms with Crippen molar-refractivity contribution in [1.29, 1.82) is 0 Å². The number of carbonyl (C=O) groups is 2. The first kappa shape index (κ1) is 22.6. The SMILES string of the molecule is CCCCCNC(=O)N1CCC(c2nc(C(=O)N(C3CCCCC3)C3CC3)cs2)CC1. The van der Waals surface area contributed by atoms with Crippen molar-refractivity contribution in [2.75, 3.05) is 19.6 Å². The summed E-state index contributed by atoms with van der Waals surface area (Å²) in [4.78, 5) is 34.6. The van der Waals surface area contributed by atoms with E-state index < -0.39 is 0 Å². The molecule has 1 saturated heterocycles. The van der Waals surface area contributed by atoms with Crippen LogP contribution >= 0.6 is 11.3 Å². The molecule has 2 aliphatic carbocycles. The van der Waals surface area contributed by atoms with Crippen molar-refractivity contribution in [2.24, 2.45) is 0 Å². The number of nitrogens with one attached hydrogen (secondary N) is 1. The van der Waals surface area contributed by atoms with Gasteiger partial charge in [-0.3, -0.25) is 4.79 Å². The molecule has 31 heavy (non-hydrogen) atoms. The molecule has 0 atom stereocenters. The lowest BCUT2D eigenvalue weighted by Gasteiger charge is -2.34. The van der Waals surface area contributed by atoms with Crippen LogP contribution in [0.3, 0.4) is 0 Å². The van der Waals surface area contributed by atoms with E-state index in [2.05, 4.69) is 17.1 Å². The van der Waals surface area contributed by atoms with Crippen LogP contribution in [0.25, 0.3) is 0 Å². The summed E-state index contributed by atoms with van der Waals surface area (Å²) in [5.74, 6) is 0.514. The van der Waals surface area contributed by atoms with Gasteiger partial charge in [0.1, 0.15) is 5.69 Å². The van der Waals surface area contributed by atoms with Gasteiger partial charge in [-0.05, 0) is 44.9 Å². The van der Waals surface area contributed by atoms with E-state index in [9.17, 15) is 9.59 Å². The van der Waals surface area contributed by atoms with Crippen molar-refractivity contribution in [3.63, 3.8) is 0 Å². The minimum atomic E-state index is 0.0668. The van der Waals surface area contributed by atoms with Crippen molar-refractivity contribution < 1.29 is 9.59 Å². The molecule has 0 radical (unpaired) electrons. The zero-order valence-electron chi connectivity index (χ0n) is 19.0. The first-order chi connectivity index (χ1) is 15.2. The number of piperidine rings is 1. The van der Waals surface area contributed by atoms with Crippen LogP contribution in [0.5, 0.6) is 0 Å². The van der Waals surface area contributed by atoms with Gasteiger partial charge in [0.05, 0.1) is 5.01 Å². The zero-order valence-corrected chi connectivity index (χ0v) is 19.8. The summed E-state index contributed by atoms with van der Waals surface area (Å²) in [6.07, 6.45) is 13.6. The van der Waals surface area contributed by atoms with Gasteiger partial charge in [-0.15, -0.1) is 11.3 Å². The van der Waals surface area contributed by atoms with Gasteiger partial charge in [0, 0.05) is 43.0 Å². The highest BCUT2D eigenvalue weighted by atomic mass is 32.1. The summed E-state index contributed by atoms with van der Waals surface area (Å²) < 4.78 is 0. The largest absolute Gasteiger partial charge is 0.338 e. The Kier molecular flexibility index (Phi) is 7.86. The third-order valence-electron chi connectivity index (χ3n) is 7.07. The number of nitrogens with zero attached hydrogens (tertiary/aromatic N) is 3. The maximum atomic E-state index is 13.3. The zero-order chi connectivity index (χ0) is 21.6. The number of rotatable bonds is 8. The van der Waals surface area contributed by atoms with Crippen molar-refractivity contribution in [1.82, 2.24) is 20.1 Å². The molecule has 3 amide bonds. The molecule has 172 valence electrons. The molecule has 6 nitrogen and oxygen atoms in total. The fourth-order valence-electron chi connectivity index (χ4n) is 5.06. The van der Waals surface area contributed by atoms with Crippen molar-refractivity contribution in [2.45, 2.75) is 102 Å². The van der Waals surface area contributed by atoms with E-state index in [1.807, 2.05) is 10.3 Å². The van der Waals surface area contributed by atoms with Crippen LogP contribution in [0.1, 0.15) is 105 Å². The van der Waals surface area contributed by atoms with Gasteiger partial charge in [-0.25, -0.2) is 9.78 Å². The Hall–Kier alpha value is -1.63. The maximum Gasteiger partial charge on any atom is 0.317 e. The van der Waals surface area contributed by atoms with Crippen molar-refractivity contribution >= 4 is 23.3 Å². The number of likely N-dealkylation sites (tertiary alicyclic amines) is 1. The Morgan fingerprint density at radius 1 is 1.06 bits per heavy atom. The summed E-state index contributed by atoms with van der Waals surface area (Å²) in [5, 5.41) is 6.09. The molecule has 0 unspecified atom stereocenters. The molecule has 0 bridgehead atoms. The minimum Gasteiger partial charge on any atom is -0.338 e. The van der Waals surface area contributed by atoms with Crippen LogP contribution in [-0.2, 0) is 0 Å². The second-order valence-corrected chi connectivity index (χ2v) is 10.4. The summed E-state index contributed by atoms with van der Waals surface area (Å²) in [7, 11) is 0. The molecule has 1 aromatic rings. The first-order valence-electron chi connectivity index (χ1n) is 12.5. The van der Waals surface area contributed by atoms with E-state index in [0.717, 1.165) is 76.0 Å². The highest BCUT2D eigenvalue weighted by Crippen LogP contribution is 2.36. The van der Waals surface area contributed by atoms with Crippen molar-refractivity contribution in [3.8, 4) is 0 Å². The Labute approximate surface area is 190 Å². The first-order valence-corrected chi connectivity index (χ1v) is 13.4. The Morgan fingerprint density at radius 2 is 1.77 bits per heavy atom. The van der Waals surface area contributed by atoms with Crippen LogP contribution in [0.15, 0.2) is 5.38 Å². The van der Waals surface area contributed by atoms with Crippen LogP contribution in [-0.4, -0.2) is 58.4 Å². The molecule has 1 N–H and O–H groups in total. The molecule has 3 fully saturated rings. The van der Waals surface area contributed by atoms with Crippen LogP contribution in [0.2, 0.25) is 0 Å².